The van der Waals surface area contributed by atoms with Crippen LogP contribution in [-0.4, -0.2) is 34.5 Å². The highest BCUT2D eigenvalue weighted by molar-refractivity contribution is 6.33. The molecule has 5 nitrogen and oxygen atoms in total. The molecule has 0 spiro atoms. The van der Waals surface area contributed by atoms with Crippen LogP contribution >= 0.6 is 11.6 Å². The Balaban J connectivity index is 2.85. The van der Waals surface area contributed by atoms with Gasteiger partial charge in [-0.1, -0.05) is 11.6 Å². The van der Waals surface area contributed by atoms with Crippen molar-refractivity contribution in [1.82, 2.24) is 4.98 Å². The molecule has 5 N–H and O–H groups in total. The minimum absolute atomic E-state index is 0.193. The van der Waals surface area contributed by atoms with Gasteiger partial charge in [0.05, 0.1) is 24.3 Å². The third-order valence-electron chi connectivity index (χ3n) is 1.97. The van der Waals surface area contributed by atoms with Crippen LogP contribution in [0.1, 0.15) is 5.56 Å². The maximum absolute atomic E-state index is 8.89. The van der Waals surface area contributed by atoms with Crippen molar-refractivity contribution < 1.29 is 10.2 Å². The number of anilines is 1. The Hall–Kier alpha value is -0.880. The Morgan fingerprint density at radius 3 is 2.67 bits per heavy atom. The van der Waals surface area contributed by atoms with E-state index in [4.69, 9.17) is 27.5 Å². The highest BCUT2D eigenvalue weighted by atomic mass is 35.5. The van der Waals surface area contributed by atoms with Crippen molar-refractivity contribution >= 4 is 17.4 Å². The van der Waals surface area contributed by atoms with E-state index < -0.39 is 6.04 Å². The SMILES string of the molecule is NCc1ccnc(NC(CO)CO)c1Cl. The molecular weight excluding hydrogens is 218 g/mol. The first-order valence-electron chi connectivity index (χ1n) is 4.54. The molecule has 0 fully saturated rings. The van der Waals surface area contributed by atoms with Gasteiger partial charge in [0.25, 0.3) is 0 Å². The summed E-state index contributed by atoms with van der Waals surface area (Å²) >= 11 is 6.00. The lowest BCUT2D eigenvalue weighted by Crippen LogP contribution is -2.28. The van der Waals surface area contributed by atoms with Crippen LogP contribution in [0.5, 0.6) is 0 Å². The van der Waals surface area contributed by atoms with Gasteiger partial charge in [-0.25, -0.2) is 4.98 Å². The zero-order chi connectivity index (χ0) is 11.3. The van der Waals surface area contributed by atoms with E-state index in [9.17, 15) is 0 Å². The summed E-state index contributed by atoms with van der Waals surface area (Å²) < 4.78 is 0. The minimum atomic E-state index is -0.469. The fourth-order valence-corrected chi connectivity index (χ4v) is 1.33. The molecule has 0 radical (unpaired) electrons. The third-order valence-corrected chi connectivity index (χ3v) is 2.39. The molecule has 0 unspecified atom stereocenters. The third kappa shape index (κ3) is 3.04. The van der Waals surface area contributed by atoms with E-state index in [1.165, 1.54) is 0 Å². The Morgan fingerprint density at radius 2 is 2.13 bits per heavy atom. The van der Waals surface area contributed by atoms with Gasteiger partial charge >= 0.3 is 0 Å². The topological polar surface area (TPSA) is 91.4 Å². The highest BCUT2D eigenvalue weighted by Gasteiger charge is 2.11. The molecule has 0 amide bonds. The minimum Gasteiger partial charge on any atom is -0.394 e. The Morgan fingerprint density at radius 1 is 1.47 bits per heavy atom. The Bertz CT molecular complexity index is 318. The molecule has 0 saturated heterocycles. The summed E-state index contributed by atoms with van der Waals surface area (Å²) in [4.78, 5) is 4.00. The Labute approximate surface area is 92.9 Å². The first-order valence-corrected chi connectivity index (χ1v) is 4.92. The van der Waals surface area contributed by atoms with Crippen molar-refractivity contribution in [2.75, 3.05) is 18.5 Å². The maximum Gasteiger partial charge on any atom is 0.145 e. The zero-order valence-electron chi connectivity index (χ0n) is 8.15. The highest BCUT2D eigenvalue weighted by Crippen LogP contribution is 2.23. The predicted octanol–water partition coefficient (Wildman–Crippen LogP) is -0.0412. The number of aliphatic hydroxyl groups is 2. The second-order valence-corrected chi connectivity index (χ2v) is 3.42. The predicted molar refractivity (Wildman–Crippen MR) is 58.7 cm³/mol. The number of nitrogens with two attached hydrogens (primary N) is 1. The van der Waals surface area contributed by atoms with Gasteiger partial charge in [-0.3, -0.25) is 0 Å². The van der Waals surface area contributed by atoms with Crippen LogP contribution in [0, 0.1) is 0 Å². The zero-order valence-corrected chi connectivity index (χ0v) is 8.91. The molecule has 6 heteroatoms. The molecule has 0 bridgehead atoms. The standard InChI is InChI=1S/C9H14ClN3O2/c10-8-6(3-11)1-2-12-9(8)13-7(4-14)5-15/h1-2,7,14-15H,3-5,11H2,(H,12,13). The van der Waals surface area contributed by atoms with Crippen molar-refractivity contribution in [3.8, 4) is 0 Å². The summed E-state index contributed by atoms with van der Waals surface area (Å²) in [5.41, 5.74) is 6.24. The number of hydrogen-bond acceptors (Lipinski definition) is 5. The van der Waals surface area contributed by atoms with Crippen molar-refractivity contribution in [3.63, 3.8) is 0 Å². The van der Waals surface area contributed by atoms with Gasteiger partial charge in [-0.15, -0.1) is 0 Å². The van der Waals surface area contributed by atoms with E-state index >= 15 is 0 Å². The van der Waals surface area contributed by atoms with Gasteiger partial charge in [0.1, 0.15) is 5.82 Å². The maximum atomic E-state index is 8.89. The van der Waals surface area contributed by atoms with Crippen LogP contribution in [0.15, 0.2) is 12.3 Å². The number of pyridine rings is 1. The van der Waals surface area contributed by atoms with Crippen LogP contribution in [0.25, 0.3) is 0 Å². The molecule has 84 valence electrons. The van der Waals surface area contributed by atoms with E-state index in [2.05, 4.69) is 10.3 Å². The average molecular weight is 232 g/mol. The second-order valence-electron chi connectivity index (χ2n) is 3.04. The number of aromatic nitrogens is 1. The van der Waals surface area contributed by atoms with Crippen molar-refractivity contribution in [2.24, 2.45) is 5.73 Å². The van der Waals surface area contributed by atoms with Gasteiger partial charge in [0.15, 0.2) is 0 Å². The van der Waals surface area contributed by atoms with Crippen molar-refractivity contribution in [1.29, 1.82) is 0 Å². The lowest BCUT2D eigenvalue weighted by atomic mass is 10.2. The molecule has 0 aromatic carbocycles. The normalized spacial score (nSPS) is 10.7. The summed E-state index contributed by atoms with van der Waals surface area (Å²) in [5.74, 6) is 0.424. The number of nitrogens with one attached hydrogen (secondary N) is 1. The summed E-state index contributed by atoms with van der Waals surface area (Å²) in [5, 5.41) is 21.0. The van der Waals surface area contributed by atoms with Crippen molar-refractivity contribution in [2.45, 2.75) is 12.6 Å². The van der Waals surface area contributed by atoms with E-state index in [0.29, 0.717) is 17.4 Å². The summed E-state index contributed by atoms with van der Waals surface area (Å²) in [7, 11) is 0. The van der Waals surface area contributed by atoms with Crippen LogP contribution < -0.4 is 11.1 Å². The largest absolute Gasteiger partial charge is 0.394 e. The molecule has 0 atom stereocenters. The van der Waals surface area contributed by atoms with Gasteiger partial charge in [0.2, 0.25) is 0 Å². The van der Waals surface area contributed by atoms with Gasteiger partial charge in [0, 0.05) is 12.7 Å². The van der Waals surface area contributed by atoms with E-state index in [0.717, 1.165) is 5.56 Å². The molecule has 1 rings (SSSR count). The van der Waals surface area contributed by atoms with Gasteiger partial charge < -0.3 is 21.3 Å². The van der Waals surface area contributed by atoms with E-state index in [1.54, 1.807) is 12.3 Å². The lowest BCUT2D eigenvalue weighted by molar-refractivity contribution is 0.203. The molecule has 0 aliphatic rings. The number of halogens is 1. The lowest BCUT2D eigenvalue weighted by Gasteiger charge is -2.15. The number of nitrogens with zero attached hydrogens (tertiary/aromatic N) is 1. The molecule has 1 aromatic heterocycles. The fraction of sp³-hybridized carbons (Fsp3) is 0.444. The van der Waals surface area contributed by atoms with Gasteiger partial charge in [-0.2, -0.15) is 0 Å². The fourth-order valence-electron chi connectivity index (χ4n) is 1.08. The van der Waals surface area contributed by atoms with Crippen LogP contribution in [-0.2, 0) is 6.54 Å². The van der Waals surface area contributed by atoms with Crippen LogP contribution in [0.4, 0.5) is 5.82 Å². The average Bonchev–Trinajstić information content (AvgIpc) is 2.28. The monoisotopic (exact) mass is 231 g/mol. The second kappa shape index (κ2) is 5.87. The molecule has 0 aliphatic heterocycles. The van der Waals surface area contributed by atoms with E-state index in [1.807, 2.05) is 0 Å². The molecular formula is C9H14ClN3O2. The molecule has 15 heavy (non-hydrogen) atoms. The number of aliphatic hydroxyl groups excluding tert-OH is 2. The van der Waals surface area contributed by atoms with Crippen LogP contribution in [0.3, 0.4) is 0 Å². The van der Waals surface area contributed by atoms with E-state index in [-0.39, 0.29) is 13.2 Å². The first-order chi connectivity index (χ1) is 7.22. The summed E-state index contributed by atoms with van der Waals surface area (Å²) in [6, 6.07) is 1.25. The molecule has 0 saturated carbocycles. The number of rotatable bonds is 5. The van der Waals surface area contributed by atoms with Crippen molar-refractivity contribution in [3.05, 3.63) is 22.8 Å². The summed E-state index contributed by atoms with van der Waals surface area (Å²) in [6.45, 7) is -0.0678. The number of hydrogen-bond donors (Lipinski definition) is 4. The van der Waals surface area contributed by atoms with Crippen LogP contribution in [0.2, 0.25) is 5.02 Å². The first kappa shape index (κ1) is 12.2. The van der Waals surface area contributed by atoms with Gasteiger partial charge in [-0.05, 0) is 11.6 Å². The molecule has 1 heterocycles. The molecule has 1 aromatic rings. The quantitative estimate of drug-likeness (QED) is 0.571. The Kier molecular flexibility index (Phi) is 4.77. The molecule has 0 aliphatic carbocycles. The smallest absolute Gasteiger partial charge is 0.145 e. The summed E-state index contributed by atoms with van der Waals surface area (Å²) in [6.07, 6.45) is 1.57.